The van der Waals surface area contributed by atoms with Gasteiger partial charge in [0.05, 0.1) is 44.9 Å². The number of methoxy groups -OCH3 is 1. The van der Waals surface area contributed by atoms with Crippen molar-refractivity contribution in [2.75, 3.05) is 26.9 Å². The molecule has 0 aromatic carbocycles. The molecule has 7 nitrogen and oxygen atoms in total. The van der Waals surface area contributed by atoms with E-state index in [1.807, 2.05) is 0 Å². The molecule has 0 aliphatic heterocycles. The smallest absolute Gasteiger partial charge is 0.335 e. The van der Waals surface area contributed by atoms with Crippen LogP contribution in [0.25, 0.3) is 0 Å². The van der Waals surface area contributed by atoms with Gasteiger partial charge in [0.25, 0.3) is 0 Å². The van der Waals surface area contributed by atoms with E-state index in [9.17, 15) is 14.2 Å². The molecule has 0 saturated carbocycles. The molecule has 0 radical (unpaired) electrons. The fourth-order valence-corrected chi connectivity index (χ4v) is 4.15. The van der Waals surface area contributed by atoms with Crippen LogP contribution in [0.2, 0.25) is 0 Å². The van der Waals surface area contributed by atoms with Gasteiger partial charge >= 0.3 is 19.5 Å². The Kier molecular flexibility index (Phi) is 9.98. The SMILES string of the molecule is C=CC(C(=O)OC)C(CC(=O)OCC)P(=O)(OCC)OCC. The monoisotopic (exact) mass is 336 g/mol. The predicted octanol–water partition coefficient (Wildman–Crippen LogP) is 2.55. The van der Waals surface area contributed by atoms with Crippen LogP contribution in [-0.4, -0.2) is 44.5 Å². The minimum atomic E-state index is -3.72. The van der Waals surface area contributed by atoms with E-state index < -0.39 is 31.1 Å². The molecule has 0 N–H and O–H groups in total. The molecule has 128 valence electrons. The highest BCUT2D eigenvalue weighted by atomic mass is 31.2. The Hall–Kier alpha value is -1.17. The lowest BCUT2D eigenvalue weighted by Gasteiger charge is -2.29. The lowest BCUT2D eigenvalue weighted by molar-refractivity contribution is -0.146. The maximum Gasteiger partial charge on any atom is 0.335 e. The average molecular weight is 336 g/mol. The molecule has 0 rings (SSSR count). The van der Waals surface area contributed by atoms with Crippen LogP contribution in [0.5, 0.6) is 0 Å². The van der Waals surface area contributed by atoms with Gasteiger partial charge in [0.15, 0.2) is 0 Å². The number of hydrogen-bond donors (Lipinski definition) is 0. The normalized spacial score (nSPS) is 14.0. The van der Waals surface area contributed by atoms with Crippen molar-refractivity contribution < 1.29 is 32.7 Å². The van der Waals surface area contributed by atoms with Gasteiger partial charge in [0.1, 0.15) is 0 Å². The van der Waals surface area contributed by atoms with Crippen LogP contribution in [0.15, 0.2) is 12.7 Å². The summed E-state index contributed by atoms with van der Waals surface area (Å²) in [6.45, 7) is 8.90. The van der Waals surface area contributed by atoms with Crippen LogP contribution in [0.1, 0.15) is 27.2 Å². The van der Waals surface area contributed by atoms with Gasteiger partial charge in [-0.15, -0.1) is 6.58 Å². The Morgan fingerprint density at radius 2 is 1.68 bits per heavy atom. The Morgan fingerprint density at radius 3 is 2.05 bits per heavy atom. The van der Waals surface area contributed by atoms with Crippen molar-refractivity contribution in [3.8, 4) is 0 Å². The highest BCUT2D eigenvalue weighted by Crippen LogP contribution is 2.57. The van der Waals surface area contributed by atoms with Crippen molar-refractivity contribution in [3.05, 3.63) is 12.7 Å². The molecule has 0 bridgehead atoms. The molecule has 0 fully saturated rings. The van der Waals surface area contributed by atoms with E-state index in [1.165, 1.54) is 13.2 Å². The Labute approximate surface area is 131 Å². The summed E-state index contributed by atoms with van der Waals surface area (Å²) in [7, 11) is -2.52. The van der Waals surface area contributed by atoms with Crippen LogP contribution in [0, 0.1) is 5.92 Å². The van der Waals surface area contributed by atoms with Crippen molar-refractivity contribution in [1.82, 2.24) is 0 Å². The molecule has 0 heterocycles. The zero-order valence-corrected chi connectivity index (χ0v) is 14.5. The van der Waals surface area contributed by atoms with Crippen molar-refractivity contribution in [2.24, 2.45) is 5.92 Å². The highest BCUT2D eigenvalue weighted by Gasteiger charge is 2.45. The third-order valence-corrected chi connectivity index (χ3v) is 5.40. The summed E-state index contributed by atoms with van der Waals surface area (Å²) >= 11 is 0. The third-order valence-electron chi connectivity index (χ3n) is 2.85. The van der Waals surface area contributed by atoms with Crippen molar-refractivity contribution in [3.63, 3.8) is 0 Å². The minimum absolute atomic E-state index is 0.113. The fourth-order valence-electron chi connectivity index (χ4n) is 1.96. The fraction of sp³-hybridized carbons (Fsp3) is 0.714. The molecule has 0 amide bonds. The van der Waals surface area contributed by atoms with E-state index in [0.717, 1.165) is 0 Å². The Morgan fingerprint density at radius 1 is 1.14 bits per heavy atom. The van der Waals surface area contributed by atoms with Gasteiger partial charge in [-0.05, 0) is 20.8 Å². The zero-order chi connectivity index (χ0) is 17.2. The van der Waals surface area contributed by atoms with Gasteiger partial charge < -0.3 is 18.5 Å². The van der Waals surface area contributed by atoms with Gasteiger partial charge in [-0.2, -0.15) is 0 Å². The molecular weight excluding hydrogens is 311 g/mol. The lowest BCUT2D eigenvalue weighted by atomic mass is 10.0. The maximum absolute atomic E-state index is 13.0. The molecular formula is C14H25O7P. The first-order valence-corrected chi connectivity index (χ1v) is 8.76. The number of hydrogen-bond acceptors (Lipinski definition) is 7. The zero-order valence-electron chi connectivity index (χ0n) is 13.6. The van der Waals surface area contributed by atoms with Crippen molar-refractivity contribution >= 4 is 19.5 Å². The molecule has 2 unspecified atom stereocenters. The average Bonchev–Trinajstić information content (AvgIpc) is 2.47. The lowest BCUT2D eigenvalue weighted by Crippen LogP contribution is -2.32. The summed E-state index contributed by atoms with van der Waals surface area (Å²) < 4.78 is 33.0. The van der Waals surface area contributed by atoms with Gasteiger partial charge in [-0.25, -0.2) is 0 Å². The quantitative estimate of drug-likeness (QED) is 0.325. The molecule has 22 heavy (non-hydrogen) atoms. The summed E-state index contributed by atoms with van der Waals surface area (Å²) in [6, 6.07) is 0. The molecule has 0 saturated heterocycles. The van der Waals surface area contributed by atoms with E-state index >= 15 is 0 Å². The number of ether oxygens (including phenoxy) is 2. The largest absolute Gasteiger partial charge is 0.469 e. The van der Waals surface area contributed by atoms with Crippen LogP contribution in [0.4, 0.5) is 0 Å². The molecule has 2 atom stereocenters. The molecule has 8 heteroatoms. The highest BCUT2D eigenvalue weighted by molar-refractivity contribution is 7.54. The van der Waals surface area contributed by atoms with Crippen LogP contribution in [0.3, 0.4) is 0 Å². The minimum Gasteiger partial charge on any atom is -0.469 e. The summed E-state index contributed by atoms with van der Waals surface area (Å²) in [5, 5.41) is 0. The van der Waals surface area contributed by atoms with Crippen molar-refractivity contribution in [1.29, 1.82) is 0 Å². The van der Waals surface area contributed by atoms with Crippen LogP contribution >= 0.6 is 7.60 Å². The van der Waals surface area contributed by atoms with E-state index in [4.69, 9.17) is 13.8 Å². The standard InChI is InChI=1S/C14H25O7P/c1-6-11(14(16)18-5)12(10-13(15)19-7-2)22(17,20-8-3)21-9-4/h6,11-12H,1,7-10H2,2-5H3. The molecule has 0 aromatic rings. The van der Waals surface area contributed by atoms with E-state index in [0.29, 0.717) is 0 Å². The van der Waals surface area contributed by atoms with Gasteiger partial charge in [0.2, 0.25) is 0 Å². The number of carbonyl (C=O) groups is 2. The first kappa shape index (κ1) is 20.8. The second-order valence-electron chi connectivity index (χ2n) is 4.24. The molecule has 0 aliphatic carbocycles. The van der Waals surface area contributed by atoms with E-state index in [-0.39, 0.29) is 26.2 Å². The molecule has 0 spiro atoms. The Bertz CT molecular complexity index is 411. The summed E-state index contributed by atoms with van der Waals surface area (Å²) in [5.74, 6) is -2.26. The number of carbonyl (C=O) groups excluding carboxylic acids is 2. The van der Waals surface area contributed by atoms with E-state index in [1.54, 1.807) is 20.8 Å². The van der Waals surface area contributed by atoms with Gasteiger partial charge in [-0.3, -0.25) is 14.2 Å². The van der Waals surface area contributed by atoms with Gasteiger partial charge in [0, 0.05) is 0 Å². The summed E-state index contributed by atoms with van der Waals surface area (Å²) in [5.41, 5.74) is -1.05. The predicted molar refractivity (Wildman–Crippen MR) is 81.6 cm³/mol. The molecule has 0 aliphatic rings. The van der Waals surface area contributed by atoms with Gasteiger partial charge in [-0.1, -0.05) is 6.08 Å². The first-order chi connectivity index (χ1) is 10.4. The number of esters is 2. The topological polar surface area (TPSA) is 88.1 Å². The number of rotatable bonds is 11. The Balaban J connectivity index is 5.62. The second-order valence-corrected chi connectivity index (χ2v) is 6.50. The third kappa shape index (κ3) is 5.91. The summed E-state index contributed by atoms with van der Waals surface area (Å²) in [4.78, 5) is 23.7. The maximum atomic E-state index is 13.0. The molecule has 0 aromatic heterocycles. The van der Waals surface area contributed by atoms with Crippen molar-refractivity contribution in [2.45, 2.75) is 32.9 Å². The van der Waals surface area contributed by atoms with Crippen LogP contribution < -0.4 is 0 Å². The second kappa shape index (κ2) is 10.5. The van der Waals surface area contributed by atoms with E-state index in [2.05, 4.69) is 11.3 Å². The van der Waals surface area contributed by atoms with Crippen LogP contribution in [-0.2, 0) is 32.7 Å². The first-order valence-electron chi connectivity index (χ1n) is 7.14. The summed E-state index contributed by atoms with van der Waals surface area (Å²) in [6.07, 6.45) is 0.983.